The van der Waals surface area contributed by atoms with Crippen LogP contribution in [0, 0.1) is 0 Å². The van der Waals surface area contributed by atoms with Crippen molar-refractivity contribution in [3.05, 3.63) is 81.2 Å². The number of hydrogen-bond acceptors (Lipinski definition) is 4. The van der Waals surface area contributed by atoms with Crippen LogP contribution in [-0.4, -0.2) is 30.9 Å². The molecule has 0 spiro atoms. The number of furan rings is 1. The lowest BCUT2D eigenvalue weighted by Gasteiger charge is -2.19. The second-order valence-electron chi connectivity index (χ2n) is 6.64. The molecule has 0 radical (unpaired) electrons. The Kier molecular flexibility index (Phi) is 7.18. The van der Waals surface area contributed by atoms with Gasteiger partial charge in [0.1, 0.15) is 5.75 Å². The summed E-state index contributed by atoms with van der Waals surface area (Å²) in [6.45, 7) is 0.384. The molecule has 0 bridgehead atoms. The molecule has 30 heavy (non-hydrogen) atoms. The molecular weight excluding hydrogens is 472 g/mol. The number of rotatable bonds is 7. The molecule has 6 nitrogen and oxygen atoms in total. The van der Waals surface area contributed by atoms with Gasteiger partial charge in [0, 0.05) is 29.9 Å². The average Bonchev–Trinajstić information content (AvgIpc) is 3.16. The third-order valence-electron chi connectivity index (χ3n) is 4.44. The molecule has 0 atom stereocenters. The third-order valence-corrected chi connectivity index (χ3v) is 5.10. The molecule has 2 aromatic carbocycles. The first-order chi connectivity index (χ1) is 14.4. The lowest BCUT2D eigenvalue weighted by Crippen LogP contribution is -2.27. The number of ether oxygens (including phenoxy) is 1. The standard InChI is InChI=1S/C22H20BrClN2O4/c1-26(13-15-12-16(24)5-8-18(15)29-2)21(27)11-14-3-6-17(7-4-14)25-22(28)19-9-10-20(23)30-19/h3-10,12H,11,13H2,1-2H3,(H,25,28). The zero-order valence-corrected chi connectivity index (χ0v) is 18.8. The van der Waals surface area contributed by atoms with Gasteiger partial charge in [-0.25, -0.2) is 0 Å². The highest BCUT2D eigenvalue weighted by Crippen LogP contribution is 2.24. The van der Waals surface area contributed by atoms with Crippen LogP contribution in [0.25, 0.3) is 0 Å². The van der Waals surface area contributed by atoms with Crippen molar-refractivity contribution in [2.24, 2.45) is 0 Å². The fourth-order valence-electron chi connectivity index (χ4n) is 2.86. The van der Waals surface area contributed by atoms with Crippen molar-refractivity contribution in [3.8, 4) is 5.75 Å². The van der Waals surface area contributed by atoms with E-state index in [0.29, 0.717) is 27.7 Å². The number of carbonyl (C=O) groups is 2. The first kappa shape index (κ1) is 21.9. The molecule has 1 heterocycles. The molecule has 8 heteroatoms. The van der Waals surface area contributed by atoms with E-state index >= 15 is 0 Å². The molecule has 0 aliphatic carbocycles. The molecule has 0 saturated heterocycles. The van der Waals surface area contributed by atoms with Gasteiger partial charge < -0.3 is 19.4 Å². The highest BCUT2D eigenvalue weighted by molar-refractivity contribution is 9.10. The normalized spacial score (nSPS) is 10.5. The van der Waals surface area contributed by atoms with Crippen molar-refractivity contribution in [1.82, 2.24) is 4.90 Å². The summed E-state index contributed by atoms with van der Waals surface area (Å²) in [5.74, 6) is 0.496. The summed E-state index contributed by atoms with van der Waals surface area (Å²) in [6.07, 6.45) is 0.235. The van der Waals surface area contributed by atoms with Gasteiger partial charge in [-0.2, -0.15) is 0 Å². The summed E-state index contributed by atoms with van der Waals surface area (Å²) in [5.41, 5.74) is 2.29. The predicted molar refractivity (Wildman–Crippen MR) is 119 cm³/mol. The summed E-state index contributed by atoms with van der Waals surface area (Å²) in [5, 5.41) is 3.34. The number of likely N-dealkylation sites (N-methyl/N-ethyl adjacent to an activating group) is 1. The smallest absolute Gasteiger partial charge is 0.291 e. The van der Waals surface area contributed by atoms with Gasteiger partial charge in [0.15, 0.2) is 10.4 Å². The number of amides is 2. The van der Waals surface area contributed by atoms with Crippen LogP contribution in [0.2, 0.25) is 5.02 Å². The number of nitrogens with one attached hydrogen (secondary N) is 1. The van der Waals surface area contributed by atoms with Crippen LogP contribution in [0.15, 0.2) is 63.7 Å². The van der Waals surface area contributed by atoms with E-state index in [0.717, 1.165) is 11.1 Å². The van der Waals surface area contributed by atoms with Crippen LogP contribution in [-0.2, 0) is 17.8 Å². The van der Waals surface area contributed by atoms with Gasteiger partial charge >= 0.3 is 0 Å². The monoisotopic (exact) mass is 490 g/mol. The van der Waals surface area contributed by atoms with Crippen LogP contribution in [0.4, 0.5) is 5.69 Å². The Balaban J connectivity index is 1.59. The molecule has 3 aromatic rings. The van der Waals surface area contributed by atoms with Crippen molar-refractivity contribution in [2.75, 3.05) is 19.5 Å². The fourth-order valence-corrected chi connectivity index (χ4v) is 3.36. The number of hydrogen-bond donors (Lipinski definition) is 1. The van der Waals surface area contributed by atoms with Gasteiger partial charge in [0.25, 0.3) is 5.91 Å². The summed E-state index contributed by atoms with van der Waals surface area (Å²) in [7, 11) is 3.32. The van der Waals surface area contributed by atoms with E-state index in [9.17, 15) is 9.59 Å². The summed E-state index contributed by atoms with van der Waals surface area (Å²) in [6, 6.07) is 15.7. The maximum absolute atomic E-state index is 12.6. The molecule has 0 fully saturated rings. The lowest BCUT2D eigenvalue weighted by molar-refractivity contribution is -0.129. The Morgan fingerprint density at radius 2 is 1.87 bits per heavy atom. The summed E-state index contributed by atoms with van der Waals surface area (Å²) >= 11 is 9.23. The SMILES string of the molecule is COc1ccc(Cl)cc1CN(C)C(=O)Cc1ccc(NC(=O)c2ccc(Br)o2)cc1. The maximum atomic E-state index is 12.6. The first-order valence-electron chi connectivity index (χ1n) is 9.07. The average molecular weight is 492 g/mol. The van der Waals surface area contributed by atoms with E-state index in [1.54, 1.807) is 73.7 Å². The van der Waals surface area contributed by atoms with Crippen LogP contribution in [0.5, 0.6) is 5.75 Å². The molecule has 0 aliphatic rings. The molecule has 0 saturated carbocycles. The van der Waals surface area contributed by atoms with Crippen molar-refractivity contribution in [3.63, 3.8) is 0 Å². The van der Waals surface area contributed by atoms with E-state index in [4.69, 9.17) is 20.8 Å². The fraction of sp³-hybridized carbons (Fsp3) is 0.182. The number of benzene rings is 2. The first-order valence-corrected chi connectivity index (χ1v) is 10.2. The lowest BCUT2D eigenvalue weighted by atomic mass is 10.1. The van der Waals surface area contributed by atoms with Gasteiger partial charge in [-0.05, 0) is 64.0 Å². The minimum Gasteiger partial charge on any atom is -0.496 e. The number of nitrogens with zero attached hydrogens (tertiary/aromatic N) is 1. The third kappa shape index (κ3) is 5.64. The topological polar surface area (TPSA) is 71.8 Å². The minimum absolute atomic E-state index is 0.0470. The maximum Gasteiger partial charge on any atom is 0.291 e. The zero-order valence-electron chi connectivity index (χ0n) is 16.4. The Labute approximate surface area is 187 Å². The van der Waals surface area contributed by atoms with Crippen molar-refractivity contribution < 1.29 is 18.7 Å². The van der Waals surface area contributed by atoms with E-state index in [-0.39, 0.29) is 24.0 Å². The Morgan fingerprint density at radius 1 is 1.13 bits per heavy atom. The zero-order chi connectivity index (χ0) is 21.7. The van der Waals surface area contributed by atoms with E-state index in [1.165, 1.54) is 0 Å². The summed E-state index contributed by atoms with van der Waals surface area (Å²) < 4.78 is 11.1. The van der Waals surface area contributed by atoms with Gasteiger partial charge in [0.2, 0.25) is 5.91 Å². The highest BCUT2D eigenvalue weighted by atomic mass is 79.9. The largest absolute Gasteiger partial charge is 0.496 e. The quantitative estimate of drug-likeness (QED) is 0.496. The number of methoxy groups -OCH3 is 1. The predicted octanol–water partition coefficient (Wildman–Crippen LogP) is 5.16. The van der Waals surface area contributed by atoms with Gasteiger partial charge in [-0.1, -0.05) is 23.7 Å². The number of halogens is 2. The minimum atomic E-state index is -0.347. The van der Waals surface area contributed by atoms with E-state index in [2.05, 4.69) is 21.2 Å². The number of anilines is 1. The van der Waals surface area contributed by atoms with E-state index < -0.39 is 0 Å². The second kappa shape index (κ2) is 9.82. The van der Waals surface area contributed by atoms with Gasteiger partial charge in [-0.15, -0.1) is 0 Å². The van der Waals surface area contributed by atoms with Gasteiger partial charge in [0.05, 0.1) is 13.5 Å². The van der Waals surface area contributed by atoms with Crippen LogP contribution in [0.3, 0.4) is 0 Å². The van der Waals surface area contributed by atoms with Crippen molar-refractivity contribution in [2.45, 2.75) is 13.0 Å². The molecule has 2 amide bonds. The second-order valence-corrected chi connectivity index (χ2v) is 7.86. The summed E-state index contributed by atoms with van der Waals surface area (Å²) in [4.78, 5) is 26.4. The molecule has 156 valence electrons. The Morgan fingerprint density at radius 3 is 2.50 bits per heavy atom. The van der Waals surface area contributed by atoms with Crippen LogP contribution < -0.4 is 10.1 Å². The van der Waals surface area contributed by atoms with Crippen LogP contribution >= 0.6 is 27.5 Å². The Hall–Kier alpha value is -2.77. The van der Waals surface area contributed by atoms with E-state index in [1.807, 2.05) is 0 Å². The molecule has 0 unspecified atom stereocenters. The Bertz CT molecular complexity index is 1050. The molecule has 1 N–H and O–H groups in total. The number of carbonyl (C=O) groups excluding carboxylic acids is 2. The molecule has 1 aromatic heterocycles. The van der Waals surface area contributed by atoms with Gasteiger partial charge in [-0.3, -0.25) is 9.59 Å². The van der Waals surface area contributed by atoms with Crippen LogP contribution in [0.1, 0.15) is 21.7 Å². The molecular formula is C22H20BrClN2O4. The highest BCUT2D eigenvalue weighted by Gasteiger charge is 2.14. The molecule has 0 aliphatic heterocycles. The molecule has 3 rings (SSSR count). The van der Waals surface area contributed by atoms with Crippen molar-refractivity contribution in [1.29, 1.82) is 0 Å². The van der Waals surface area contributed by atoms with Crippen molar-refractivity contribution >= 4 is 45.0 Å².